The highest BCUT2D eigenvalue weighted by Gasteiger charge is 2.30. The maximum Gasteiger partial charge on any atom is 0.416 e. The summed E-state index contributed by atoms with van der Waals surface area (Å²) in [6, 6.07) is 8.92. The number of alkyl halides is 3. The summed E-state index contributed by atoms with van der Waals surface area (Å²) in [7, 11) is 0. The fraction of sp³-hybridized carbons (Fsp3) is 0.304. The number of thioether (sulfide) groups is 1. The Hall–Kier alpha value is -2.52. The van der Waals surface area contributed by atoms with Crippen LogP contribution in [0.3, 0.4) is 0 Å². The Morgan fingerprint density at radius 3 is 2.53 bits per heavy atom. The second-order valence-electron chi connectivity index (χ2n) is 7.22. The molecular formula is C23H22F3NO3S2. The van der Waals surface area contributed by atoms with Crippen molar-refractivity contribution in [1.82, 2.24) is 4.98 Å². The molecule has 32 heavy (non-hydrogen) atoms. The summed E-state index contributed by atoms with van der Waals surface area (Å²) >= 11 is 3.23. The minimum Gasteiger partial charge on any atom is -0.482 e. The molecule has 0 aliphatic carbocycles. The molecule has 0 unspecified atom stereocenters. The SMILES string of the molecule is Cc1cc(SCCCc2nc(-c3ccc(C(F)(F)F)cc3)cs2)c(C)cc1OCC(=O)O. The maximum absolute atomic E-state index is 12.7. The molecule has 0 radical (unpaired) electrons. The zero-order valence-corrected chi connectivity index (χ0v) is 19.2. The number of aromatic nitrogens is 1. The van der Waals surface area contributed by atoms with Crippen LogP contribution in [0.25, 0.3) is 11.3 Å². The van der Waals surface area contributed by atoms with Gasteiger partial charge in [-0.05, 0) is 61.4 Å². The average Bonchev–Trinajstić information content (AvgIpc) is 3.20. The molecule has 0 bridgehead atoms. The van der Waals surface area contributed by atoms with E-state index in [9.17, 15) is 18.0 Å². The Morgan fingerprint density at radius 2 is 1.88 bits per heavy atom. The third-order valence-corrected chi connectivity index (χ3v) is 6.83. The molecular weight excluding hydrogens is 459 g/mol. The van der Waals surface area contributed by atoms with Gasteiger partial charge in [-0.15, -0.1) is 23.1 Å². The van der Waals surface area contributed by atoms with Crippen molar-refractivity contribution in [2.24, 2.45) is 0 Å². The van der Waals surface area contributed by atoms with Crippen molar-refractivity contribution in [3.05, 3.63) is 63.5 Å². The number of thiazole rings is 1. The summed E-state index contributed by atoms with van der Waals surface area (Å²) in [4.78, 5) is 16.4. The van der Waals surface area contributed by atoms with Crippen molar-refractivity contribution in [3.8, 4) is 17.0 Å². The third-order valence-electron chi connectivity index (χ3n) is 4.68. The van der Waals surface area contributed by atoms with Crippen LogP contribution in [0.2, 0.25) is 0 Å². The van der Waals surface area contributed by atoms with Crippen LogP contribution in [0, 0.1) is 13.8 Å². The van der Waals surface area contributed by atoms with Crippen molar-refractivity contribution in [1.29, 1.82) is 0 Å². The number of carbonyl (C=O) groups is 1. The standard InChI is InChI=1S/C23H22F3NO3S2/c1-14-11-20(15(2)10-19(14)30-12-22(28)29)31-9-3-4-21-27-18(13-32-21)16-5-7-17(8-6-16)23(24,25)26/h5-8,10-11,13H,3-4,9,12H2,1-2H3,(H,28,29). The van der Waals surface area contributed by atoms with E-state index in [1.54, 1.807) is 11.8 Å². The summed E-state index contributed by atoms with van der Waals surface area (Å²) in [5, 5.41) is 11.6. The Kier molecular flexibility index (Phi) is 7.84. The molecule has 1 heterocycles. The topological polar surface area (TPSA) is 59.4 Å². The van der Waals surface area contributed by atoms with E-state index in [1.165, 1.54) is 23.5 Å². The lowest BCUT2D eigenvalue weighted by Gasteiger charge is -2.12. The number of carboxylic acids is 1. The van der Waals surface area contributed by atoms with Gasteiger partial charge in [0.2, 0.25) is 0 Å². The van der Waals surface area contributed by atoms with Gasteiger partial charge in [-0.1, -0.05) is 12.1 Å². The van der Waals surface area contributed by atoms with Crippen LogP contribution in [0.4, 0.5) is 13.2 Å². The van der Waals surface area contributed by atoms with E-state index < -0.39 is 17.7 Å². The van der Waals surface area contributed by atoms with E-state index in [-0.39, 0.29) is 6.61 Å². The van der Waals surface area contributed by atoms with Gasteiger partial charge in [0.15, 0.2) is 6.61 Å². The number of aryl methyl sites for hydroxylation is 3. The van der Waals surface area contributed by atoms with Gasteiger partial charge in [-0.2, -0.15) is 13.2 Å². The normalized spacial score (nSPS) is 11.5. The van der Waals surface area contributed by atoms with Crippen LogP contribution in [-0.4, -0.2) is 28.4 Å². The largest absolute Gasteiger partial charge is 0.482 e. The molecule has 2 aromatic carbocycles. The predicted octanol–water partition coefficient (Wildman–Crippen LogP) is 6.63. The van der Waals surface area contributed by atoms with E-state index in [1.807, 2.05) is 31.4 Å². The molecule has 0 saturated heterocycles. The lowest BCUT2D eigenvalue weighted by molar-refractivity contribution is -0.139. The predicted molar refractivity (Wildman–Crippen MR) is 121 cm³/mol. The molecule has 9 heteroatoms. The summed E-state index contributed by atoms with van der Waals surface area (Å²) in [6.07, 6.45) is -2.65. The highest BCUT2D eigenvalue weighted by Crippen LogP contribution is 2.32. The summed E-state index contributed by atoms with van der Waals surface area (Å²) in [6.45, 7) is 3.49. The number of carboxylic acid groups (broad SMARTS) is 1. The van der Waals surface area contributed by atoms with Crippen LogP contribution in [0.15, 0.2) is 46.7 Å². The second kappa shape index (κ2) is 10.4. The van der Waals surface area contributed by atoms with E-state index in [0.29, 0.717) is 17.0 Å². The number of benzene rings is 2. The number of aliphatic carboxylic acids is 1. The number of ether oxygens (including phenoxy) is 1. The van der Waals surface area contributed by atoms with Crippen LogP contribution in [0.5, 0.6) is 5.75 Å². The number of hydrogen-bond donors (Lipinski definition) is 1. The van der Waals surface area contributed by atoms with Crippen LogP contribution < -0.4 is 4.74 Å². The third kappa shape index (κ3) is 6.49. The Labute approximate surface area is 192 Å². The Bertz CT molecular complexity index is 1080. The molecule has 4 nitrogen and oxygen atoms in total. The van der Waals surface area contributed by atoms with E-state index in [0.717, 1.165) is 51.8 Å². The highest BCUT2D eigenvalue weighted by molar-refractivity contribution is 7.99. The minimum absolute atomic E-state index is 0.366. The van der Waals surface area contributed by atoms with E-state index >= 15 is 0 Å². The monoisotopic (exact) mass is 481 g/mol. The fourth-order valence-corrected chi connectivity index (χ4v) is 4.91. The van der Waals surface area contributed by atoms with Crippen LogP contribution >= 0.6 is 23.1 Å². The van der Waals surface area contributed by atoms with Gasteiger partial charge in [0.25, 0.3) is 0 Å². The highest BCUT2D eigenvalue weighted by atomic mass is 32.2. The Balaban J connectivity index is 1.52. The van der Waals surface area contributed by atoms with Crippen molar-refractivity contribution >= 4 is 29.1 Å². The van der Waals surface area contributed by atoms with Crippen molar-refractivity contribution in [3.63, 3.8) is 0 Å². The molecule has 1 aromatic heterocycles. The van der Waals surface area contributed by atoms with Gasteiger partial charge in [-0.3, -0.25) is 0 Å². The number of nitrogens with zero attached hydrogens (tertiary/aromatic N) is 1. The average molecular weight is 482 g/mol. The number of halogens is 3. The quantitative estimate of drug-likeness (QED) is 0.274. The first-order valence-corrected chi connectivity index (χ1v) is 11.7. The minimum atomic E-state index is -4.34. The molecule has 0 fully saturated rings. The first-order valence-electron chi connectivity index (χ1n) is 9.84. The summed E-state index contributed by atoms with van der Waals surface area (Å²) in [5.74, 6) is 0.446. The first-order chi connectivity index (χ1) is 15.1. The van der Waals surface area contributed by atoms with Crippen LogP contribution in [-0.2, 0) is 17.4 Å². The number of rotatable bonds is 9. The van der Waals surface area contributed by atoms with Crippen LogP contribution in [0.1, 0.15) is 28.1 Å². The summed E-state index contributed by atoms with van der Waals surface area (Å²) < 4.78 is 43.4. The van der Waals surface area contributed by atoms with Gasteiger partial charge in [0.1, 0.15) is 5.75 Å². The van der Waals surface area contributed by atoms with E-state index in [2.05, 4.69) is 4.98 Å². The molecule has 0 saturated carbocycles. The van der Waals surface area contributed by atoms with Gasteiger partial charge >= 0.3 is 12.1 Å². The van der Waals surface area contributed by atoms with Gasteiger partial charge in [0, 0.05) is 22.3 Å². The second-order valence-corrected chi connectivity index (χ2v) is 9.30. The molecule has 3 rings (SSSR count). The molecule has 3 aromatic rings. The van der Waals surface area contributed by atoms with Gasteiger partial charge < -0.3 is 9.84 Å². The number of hydrogen-bond acceptors (Lipinski definition) is 5. The lowest BCUT2D eigenvalue weighted by atomic mass is 10.1. The van der Waals surface area contributed by atoms with Crippen molar-refractivity contribution in [2.45, 2.75) is 37.8 Å². The van der Waals surface area contributed by atoms with Gasteiger partial charge in [0.05, 0.1) is 16.3 Å². The smallest absolute Gasteiger partial charge is 0.416 e. The molecule has 0 aliphatic heterocycles. The molecule has 0 aliphatic rings. The molecule has 170 valence electrons. The first kappa shape index (κ1) is 24.1. The Morgan fingerprint density at radius 1 is 1.16 bits per heavy atom. The van der Waals surface area contributed by atoms with Gasteiger partial charge in [-0.25, -0.2) is 9.78 Å². The fourth-order valence-electron chi connectivity index (χ4n) is 3.01. The summed E-state index contributed by atoms with van der Waals surface area (Å²) in [5.41, 5.74) is 2.61. The zero-order valence-electron chi connectivity index (χ0n) is 17.5. The van der Waals surface area contributed by atoms with Crippen molar-refractivity contribution < 1.29 is 27.8 Å². The zero-order chi connectivity index (χ0) is 23.3. The molecule has 0 atom stereocenters. The molecule has 0 amide bonds. The molecule has 0 spiro atoms. The lowest BCUT2D eigenvalue weighted by Crippen LogP contribution is -2.10. The van der Waals surface area contributed by atoms with Crippen molar-refractivity contribution in [2.75, 3.05) is 12.4 Å². The van der Waals surface area contributed by atoms with E-state index in [4.69, 9.17) is 9.84 Å². The maximum atomic E-state index is 12.7. The molecule has 1 N–H and O–H groups in total.